The summed E-state index contributed by atoms with van der Waals surface area (Å²) >= 11 is 1.76. The SMILES string of the molecule is CCC(C#N)S(=O)(=O)N1CCSCC1C. The molecule has 1 saturated heterocycles. The van der Waals surface area contributed by atoms with E-state index in [1.807, 2.05) is 13.0 Å². The summed E-state index contributed by atoms with van der Waals surface area (Å²) in [5.74, 6) is 1.65. The van der Waals surface area contributed by atoms with Crippen molar-refractivity contribution < 1.29 is 8.42 Å². The summed E-state index contributed by atoms with van der Waals surface area (Å²) in [4.78, 5) is 0. The zero-order chi connectivity index (χ0) is 11.5. The molecule has 4 nitrogen and oxygen atoms in total. The Bertz CT molecular complexity index is 348. The molecular formula is C9H16N2O2S2. The maximum absolute atomic E-state index is 12.1. The number of hydrogen-bond donors (Lipinski definition) is 0. The summed E-state index contributed by atoms with van der Waals surface area (Å²) in [6.45, 7) is 4.16. The number of nitriles is 1. The third-order valence-corrected chi connectivity index (χ3v) is 6.05. The van der Waals surface area contributed by atoms with Crippen molar-refractivity contribution in [1.29, 1.82) is 5.26 Å². The van der Waals surface area contributed by atoms with Gasteiger partial charge in [0.1, 0.15) is 0 Å². The van der Waals surface area contributed by atoms with E-state index < -0.39 is 15.3 Å². The third-order valence-electron chi connectivity index (χ3n) is 2.51. The van der Waals surface area contributed by atoms with Gasteiger partial charge in [0, 0.05) is 24.1 Å². The molecule has 0 amide bonds. The van der Waals surface area contributed by atoms with Crippen LogP contribution >= 0.6 is 11.8 Å². The number of rotatable bonds is 3. The van der Waals surface area contributed by atoms with E-state index in [1.54, 1.807) is 18.7 Å². The quantitative estimate of drug-likeness (QED) is 0.749. The second kappa shape index (κ2) is 5.19. The maximum atomic E-state index is 12.1. The molecular weight excluding hydrogens is 232 g/mol. The lowest BCUT2D eigenvalue weighted by Crippen LogP contribution is -2.47. The maximum Gasteiger partial charge on any atom is 0.230 e. The van der Waals surface area contributed by atoms with Crippen molar-refractivity contribution in [1.82, 2.24) is 4.31 Å². The molecule has 1 aliphatic rings. The summed E-state index contributed by atoms with van der Waals surface area (Å²) in [6.07, 6.45) is 0.356. The van der Waals surface area contributed by atoms with Crippen LogP contribution in [0, 0.1) is 11.3 Å². The van der Waals surface area contributed by atoms with Gasteiger partial charge in [-0.15, -0.1) is 0 Å². The van der Waals surface area contributed by atoms with Crippen LogP contribution in [0.5, 0.6) is 0 Å². The zero-order valence-corrected chi connectivity index (χ0v) is 10.6. The first kappa shape index (κ1) is 12.8. The Kier molecular flexibility index (Phi) is 4.44. The van der Waals surface area contributed by atoms with Crippen LogP contribution in [0.1, 0.15) is 20.3 Å². The molecule has 0 radical (unpaired) electrons. The van der Waals surface area contributed by atoms with E-state index in [1.165, 1.54) is 4.31 Å². The second-order valence-corrected chi connectivity index (χ2v) is 6.82. The highest BCUT2D eigenvalue weighted by molar-refractivity contribution is 7.99. The van der Waals surface area contributed by atoms with E-state index in [0.29, 0.717) is 13.0 Å². The van der Waals surface area contributed by atoms with Crippen LogP contribution in [-0.2, 0) is 10.0 Å². The Morgan fingerprint density at radius 1 is 1.67 bits per heavy atom. The van der Waals surface area contributed by atoms with Crippen LogP contribution in [0.4, 0.5) is 0 Å². The normalized spacial score (nSPS) is 25.8. The number of hydrogen-bond acceptors (Lipinski definition) is 4. The molecule has 0 aliphatic carbocycles. The molecule has 15 heavy (non-hydrogen) atoms. The molecule has 0 N–H and O–H groups in total. The topological polar surface area (TPSA) is 61.2 Å². The summed E-state index contributed by atoms with van der Waals surface area (Å²) < 4.78 is 25.6. The van der Waals surface area contributed by atoms with Crippen LogP contribution in [0.15, 0.2) is 0 Å². The van der Waals surface area contributed by atoms with E-state index in [0.717, 1.165) is 11.5 Å². The number of sulfonamides is 1. The summed E-state index contributed by atoms with van der Waals surface area (Å²) in [6, 6.07) is 1.88. The van der Waals surface area contributed by atoms with Crippen molar-refractivity contribution in [2.24, 2.45) is 0 Å². The van der Waals surface area contributed by atoms with Crippen molar-refractivity contribution in [3.05, 3.63) is 0 Å². The zero-order valence-electron chi connectivity index (χ0n) is 9.01. The van der Waals surface area contributed by atoms with Crippen LogP contribution in [0.2, 0.25) is 0 Å². The monoisotopic (exact) mass is 248 g/mol. The van der Waals surface area contributed by atoms with Crippen LogP contribution in [0.25, 0.3) is 0 Å². The second-order valence-electron chi connectivity index (χ2n) is 3.61. The highest BCUT2D eigenvalue weighted by atomic mass is 32.2. The van der Waals surface area contributed by atoms with Crippen molar-refractivity contribution in [3.63, 3.8) is 0 Å². The first-order valence-corrected chi connectivity index (χ1v) is 7.67. The average molecular weight is 248 g/mol. The van der Waals surface area contributed by atoms with Gasteiger partial charge in [-0.25, -0.2) is 8.42 Å². The Morgan fingerprint density at radius 3 is 2.80 bits per heavy atom. The lowest BCUT2D eigenvalue weighted by Gasteiger charge is -2.33. The smallest absolute Gasteiger partial charge is 0.211 e. The van der Waals surface area contributed by atoms with Crippen LogP contribution in [-0.4, -0.2) is 42.1 Å². The minimum absolute atomic E-state index is 0.0103. The van der Waals surface area contributed by atoms with Gasteiger partial charge < -0.3 is 0 Å². The van der Waals surface area contributed by atoms with E-state index in [2.05, 4.69) is 0 Å². The predicted octanol–water partition coefficient (Wildman–Crippen LogP) is 1.06. The standard InChI is InChI=1S/C9H16N2O2S2/c1-3-9(6-10)15(12,13)11-4-5-14-7-8(11)2/h8-9H,3-5,7H2,1-2H3. The average Bonchev–Trinajstić information content (AvgIpc) is 2.19. The molecule has 0 aromatic carbocycles. The van der Waals surface area contributed by atoms with Crippen molar-refractivity contribution >= 4 is 21.8 Å². The highest BCUT2D eigenvalue weighted by Gasteiger charge is 2.35. The van der Waals surface area contributed by atoms with Gasteiger partial charge in [-0.3, -0.25) is 0 Å². The van der Waals surface area contributed by atoms with Crippen molar-refractivity contribution in [2.75, 3.05) is 18.1 Å². The van der Waals surface area contributed by atoms with E-state index in [4.69, 9.17) is 5.26 Å². The number of nitrogens with zero attached hydrogens (tertiary/aromatic N) is 2. The molecule has 1 heterocycles. The molecule has 86 valence electrons. The first-order valence-electron chi connectivity index (χ1n) is 5.02. The van der Waals surface area contributed by atoms with Crippen LogP contribution in [0.3, 0.4) is 0 Å². The highest BCUT2D eigenvalue weighted by Crippen LogP contribution is 2.22. The molecule has 1 fully saturated rings. The molecule has 0 saturated carbocycles. The van der Waals surface area contributed by atoms with Gasteiger partial charge in [0.25, 0.3) is 0 Å². The van der Waals surface area contributed by atoms with Crippen molar-refractivity contribution in [3.8, 4) is 6.07 Å². The lowest BCUT2D eigenvalue weighted by molar-refractivity contribution is 0.364. The van der Waals surface area contributed by atoms with Gasteiger partial charge in [0.05, 0.1) is 6.07 Å². The lowest BCUT2D eigenvalue weighted by atomic mass is 10.4. The fraction of sp³-hybridized carbons (Fsp3) is 0.889. The Hall–Kier alpha value is -0.250. The Morgan fingerprint density at radius 2 is 2.33 bits per heavy atom. The minimum atomic E-state index is -3.41. The van der Waals surface area contributed by atoms with Gasteiger partial charge in [-0.2, -0.15) is 21.3 Å². The van der Waals surface area contributed by atoms with Gasteiger partial charge >= 0.3 is 0 Å². The van der Waals surface area contributed by atoms with E-state index in [9.17, 15) is 8.42 Å². The molecule has 2 unspecified atom stereocenters. The van der Waals surface area contributed by atoms with E-state index >= 15 is 0 Å². The molecule has 0 spiro atoms. The molecule has 0 bridgehead atoms. The fourth-order valence-corrected chi connectivity index (χ4v) is 4.65. The summed E-state index contributed by atoms with van der Waals surface area (Å²) in [7, 11) is -3.41. The van der Waals surface area contributed by atoms with Gasteiger partial charge in [-0.05, 0) is 13.3 Å². The Balaban J connectivity index is 2.89. The van der Waals surface area contributed by atoms with Gasteiger partial charge in [0.15, 0.2) is 5.25 Å². The summed E-state index contributed by atoms with van der Waals surface area (Å²) in [5.41, 5.74) is 0. The summed E-state index contributed by atoms with van der Waals surface area (Å²) in [5, 5.41) is 7.93. The van der Waals surface area contributed by atoms with Crippen LogP contribution < -0.4 is 0 Å². The predicted molar refractivity (Wildman–Crippen MR) is 62.1 cm³/mol. The van der Waals surface area contributed by atoms with Crippen molar-refractivity contribution in [2.45, 2.75) is 31.6 Å². The third kappa shape index (κ3) is 2.65. The minimum Gasteiger partial charge on any atom is -0.211 e. The number of thioether (sulfide) groups is 1. The first-order chi connectivity index (χ1) is 7.04. The molecule has 0 aromatic rings. The molecule has 1 rings (SSSR count). The molecule has 2 atom stereocenters. The molecule has 6 heteroatoms. The van der Waals surface area contributed by atoms with Gasteiger partial charge in [0.2, 0.25) is 10.0 Å². The Labute approximate surface area is 95.7 Å². The van der Waals surface area contributed by atoms with E-state index in [-0.39, 0.29) is 6.04 Å². The fourth-order valence-electron chi connectivity index (χ4n) is 1.62. The largest absolute Gasteiger partial charge is 0.230 e. The molecule has 1 aliphatic heterocycles. The van der Waals surface area contributed by atoms with Gasteiger partial charge in [-0.1, -0.05) is 6.92 Å². The molecule has 0 aromatic heterocycles.